The van der Waals surface area contributed by atoms with Crippen LogP contribution in [0.1, 0.15) is 66.2 Å². The summed E-state index contributed by atoms with van der Waals surface area (Å²) in [6.07, 6.45) is 9.29. The predicted molar refractivity (Wildman–Crippen MR) is 103 cm³/mol. The van der Waals surface area contributed by atoms with E-state index in [2.05, 4.69) is 17.6 Å². The molecule has 3 rings (SSSR count). The fraction of sp³-hybridized carbons (Fsp3) is 0.667. The highest BCUT2D eigenvalue weighted by molar-refractivity contribution is 7.80. The second-order valence-electron chi connectivity index (χ2n) is 6.98. The number of carbonyl (C=O) groups is 1. The summed E-state index contributed by atoms with van der Waals surface area (Å²) in [5, 5.41) is 8.16. The first-order valence-electron chi connectivity index (χ1n) is 8.88. The number of methoxy groups -OCH3 is 1. The Morgan fingerprint density at radius 2 is 2.00 bits per heavy atom. The minimum atomic E-state index is -0.259. The van der Waals surface area contributed by atoms with Gasteiger partial charge in [-0.15, -0.1) is 11.3 Å². The van der Waals surface area contributed by atoms with Gasteiger partial charge in [-0.05, 0) is 55.8 Å². The summed E-state index contributed by atoms with van der Waals surface area (Å²) in [5.74, 6) is 0.409. The Morgan fingerprint density at radius 1 is 1.25 bits per heavy atom. The summed E-state index contributed by atoms with van der Waals surface area (Å²) in [6.45, 7) is 2.27. The monoisotopic (exact) mass is 366 g/mol. The third kappa shape index (κ3) is 3.91. The average Bonchev–Trinajstić information content (AvgIpc) is 2.91. The van der Waals surface area contributed by atoms with Crippen molar-refractivity contribution in [2.75, 3.05) is 12.4 Å². The van der Waals surface area contributed by atoms with Gasteiger partial charge in [0.1, 0.15) is 5.00 Å². The van der Waals surface area contributed by atoms with Crippen LogP contribution in [0.2, 0.25) is 0 Å². The van der Waals surface area contributed by atoms with E-state index in [1.165, 1.54) is 44.1 Å². The van der Waals surface area contributed by atoms with Gasteiger partial charge >= 0.3 is 5.97 Å². The third-order valence-electron chi connectivity index (χ3n) is 5.07. The van der Waals surface area contributed by atoms with Crippen molar-refractivity contribution in [1.82, 2.24) is 5.32 Å². The number of rotatable bonds is 3. The maximum atomic E-state index is 12.3. The van der Waals surface area contributed by atoms with Gasteiger partial charge in [0.25, 0.3) is 0 Å². The lowest BCUT2D eigenvalue weighted by Crippen LogP contribution is -2.38. The molecule has 1 heterocycles. The lowest BCUT2D eigenvalue weighted by Gasteiger charge is -2.24. The molecule has 6 heteroatoms. The van der Waals surface area contributed by atoms with E-state index in [1.807, 2.05) is 0 Å². The standard InChI is InChI=1S/C18H26N2O2S2/c1-11-8-9-13-14(10-11)24-16(15(13)17(21)22-2)20-18(23)19-12-6-4-3-5-7-12/h11-12H,3-10H2,1-2H3,(H2,19,20,23). The Kier molecular flexibility index (Phi) is 5.76. The molecule has 1 fully saturated rings. The molecule has 1 atom stereocenters. The Bertz CT molecular complexity index is 621. The van der Waals surface area contributed by atoms with Crippen molar-refractivity contribution in [2.45, 2.75) is 64.3 Å². The van der Waals surface area contributed by atoms with Crippen molar-refractivity contribution < 1.29 is 9.53 Å². The van der Waals surface area contributed by atoms with Gasteiger partial charge in [0.15, 0.2) is 5.11 Å². The molecule has 0 bridgehead atoms. The molecule has 0 radical (unpaired) electrons. The molecule has 0 spiro atoms. The van der Waals surface area contributed by atoms with E-state index in [0.29, 0.717) is 22.6 Å². The summed E-state index contributed by atoms with van der Waals surface area (Å²) in [5.41, 5.74) is 1.85. The number of thiophene rings is 1. The van der Waals surface area contributed by atoms with Gasteiger partial charge in [-0.1, -0.05) is 26.2 Å². The van der Waals surface area contributed by atoms with E-state index >= 15 is 0 Å². The lowest BCUT2D eigenvalue weighted by atomic mass is 9.88. The van der Waals surface area contributed by atoms with E-state index in [0.717, 1.165) is 29.8 Å². The molecule has 2 aliphatic carbocycles. The molecule has 1 saturated carbocycles. The van der Waals surface area contributed by atoms with Crippen LogP contribution in [-0.4, -0.2) is 24.2 Å². The summed E-state index contributed by atoms with van der Waals surface area (Å²) < 4.78 is 5.02. The smallest absolute Gasteiger partial charge is 0.341 e. The van der Waals surface area contributed by atoms with Crippen LogP contribution in [0.5, 0.6) is 0 Å². The molecule has 1 unspecified atom stereocenters. The molecule has 0 amide bonds. The van der Waals surface area contributed by atoms with Crippen molar-refractivity contribution in [3.8, 4) is 0 Å². The van der Waals surface area contributed by atoms with Crippen LogP contribution in [-0.2, 0) is 17.6 Å². The number of fused-ring (bicyclic) bond motifs is 1. The van der Waals surface area contributed by atoms with E-state index in [-0.39, 0.29) is 5.97 Å². The number of carbonyl (C=O) groups excluding carboxylic acids is 1. The van der Waals surface area contributed by atoms with Crippen molar-refractivity contribution in [1.29, 1.82) is 0 Å². The summed E-state index contributed by atoms with van der Waals surface area (Å²) in [6, 6.07) is 0.454. The molecule has 0 saturated heterocycles. The Labute approximate surface area is 153 Å². The highest BCUT2D eigenvalue weighted by Gasteiger charge is 2.28. The number of thiocarbonyl (C=S) groups is 1. The SMILES string of the molecule is COC(=O)c1c(NC(=S)NC2CCCCC2)sc2c1CCC(C)C2. The van der Waals surface area contributed by atoms with Crippen molar-refractivity contribution in [3.05, 3.63) is 16.0 Å². The van der Waals surface area contributed by atoms with Crippen LogP contribution in [0.4, 0.5) is 5.00 Å². The zero-order valence-electron chi connectivity index (χ0n) is 14.4. The average molecular weight is 367 g/mol. The third-order valence-corrected chi connectivity index (χ3v) is 6.46. The van der Waals surface area contributed by atoms with Crippen molar-refractivity contribution >= 4 is 39.6 Å². The first-order chi connectivity index (χ1) is 11.6. The number of nitrogens with one attached hydrogen (secondary N) is 2. The molecule has 2 N–H and O–H groups in total. The van der Waals surface area contributed by atoms with E-state index in [4.69, 9.17) is 17.0 Å². The van der Waals surface area contributed by atoms with E-state index in [9.17, 15) is 4.79 Å². The van der Waals surface area contributed by atoms with Crippen molar-refractivity contribution in [2.24, 2.45) is 5.92 Å². The molecule has 132 valence electrons. The first-order valence-corrected chi connectivity index (χ1v) is 10.1. The van der Waals surface area contributed by atoms with Gasteiger partial charge in [0, 0.05) is 10.9 Å². The van der Waals surface area contributed by atoms with Crippen LogP contribution >= 0.6 is 23.6 Å². The molecule has 1 aromatic rings. The maximum absolute atomic E-state index is 12.3. The van der Waals surface area contributed by atoms with Crippen molar-refractivity contribution in [3.63, 3.8) is 0 Å². The van der Waals surface area contributed by atoms with Gasteiger partial charge in [-0.3, -0.25) is 0 Å². The predicted octanol–water partition coefficient (Wildman–Crippen LogP) is 4.28. The second kappa shape index (κ2) is 7.83. The highest BCUT2D eigenvalue weighted by atomic mass is 32.1. The van der Waals surface area contributed by atoms with Gasteiger partial charge in [0.05, 0.1) is 12.7 Å². The number of hydrogen-bond donors (Lipinski definition) is 2. The molecular weight excluding hydrogens is 340 g/mol. The Morgan fingerprint density at radius 3 is 2.71 bits per heavy atom. The maximum Gasteiger partial charge on any atom is 0.341 e. The van der Waals surface area contributed by atoms with E-state index in [1.54, 1.807) is 11.3 Å². The van der Waals surface area contributed by atoms with Crippen LogP contribution in [0.3, 0.4) is 0 Å². The molecule has 1 aromatic heterocycles. The number of ether oxygens (including phenoxy) is 1. The summed E-state index contributed by atoms with van der Waals surface area (Å²) >= 11 is 7.16. The first kappa shape index (κ1) is 17.7. The molecule has 0 aliphatic heterocycles. The minimum absolute atomic E-state index is 0.259. The quantitative estimate of drug-likeness (QED) is 0.618. The van der Waals surface area contributed by atoms with Crippen LogP contribution in [0.15, 0.2) is 0 Å². The minimum Gasteiger partial charge on any atom is -0.465 e. The van der Waals surface area contributed by atoms with Crippen LogP contribution in [0, 0.1) is 5.92 Å². The van der Waals surface area contributed by atoms with Gasteiger partial charge in [0.2, 0.25) is 0 Å². The zero-order valence-corrected chi connectivity index (χ0v) is 16.1. The zero-order chi connectivity index (χ0) is 17.1. The van der Waals surface area contributed by atoms with Crippen LogP contribution < -0.4 is 10.6 Å². The molecule has 24 heavy (non-hydrogen) atoms. The molecular formula is C18H26N2O2S2. The fourth-order valence-corrected chi connectivity index (χ4v) is 5.46. The Balaban J connectivity index is 1.76. The lowest BCUT2D eigenvalue weighted by molar-refractivity contribution is 0.0601. The highest BCUT2D eigenvalue weighted by Crippen LogP contribution is 2.40. The number of esters is 1. The largest absolute Gasteiger partial charge is 0.465 e. The summed E-state index contributed by atoms with van der Waals surface area (Å²) in [7, 11) is 1.44. The van der Waals surface area contributed by atoms with Gasteiger partial charge in [-0.2, -0.15) is 0 Å². The molecule has 0 aromatic carbocycles. The number of hydrogen-bond acceptors (Lipinski definition) is 4. The normalized spacial score (nSPS) is 21.0. The van der Waals surface area contributed by atoms with Crippen LogP contribution in [0.25, 0.3) is 0 Å². The van der Waals surface area contributed by atoms with Gasteiger partial charge < -0.3 is 15.4 Å². The second-order valence-corrected chi connectivity index (χ2v) is 8.49. The van der Waals surface area contributed by atoms with Gasteiger partial charge in [-0.25, -0.2) is 4.79 Å². The topological polar surface area (TPSA) is 50.4 Å². The molecule has 2 aliphatic rings. The number of anilines is 1. The summed E-state index contributed by atoms with van der Waals surface area (Å²) in [4.78, 5) is 13.6. The van der Waals surface area contributed by atoms with E-state index < -0.39 is 0 Å². The fourth-order valence-electron chi connectivity index (χ4n) is 3.73. The molecule has 4 nitrogen and oxygen atoms in total. The Hall–Kier alpha value is -1.14.